The van der Waals surface area contributed by atoms with Crippen molar-refractivity contribution in [2.75, 3.05) is 7.11 Å². The van der Waals surface area contributed by atoms with Crippen molar-refractivity contribution in [2.24, 2.45) is 0 Å². The van der Waals surface area contributed by atoms with Crippen LogP contribution in [-0.2, 0) is 11.2 Å². The Bertz CT molecular complexity index is 1040. The van der Waals surface area contributed by atoms with Crippen LogP contribution in [0.25, 0.3) is 11.1 Å². The molecule has 0 saturated carbocycles. The fourth-order valence-electron chi connectivity index (χ4n) is 2.95. The Labute approximate surface area is 161 Å². The van der Waals surface area contributed by atoms with Crippen LogP contribution in [0.4, 0.5) is 0 Å². The van der Waals surface area contributed by atoms with Gasteiger partial charge in [0.1, 0.15) is 5.75 Å². The maximum atomic E-state index is 11.4. The SMILES string of the molecule is COc1ccc(CC#N)cc1-c1cncc(C(CC(=O)O)c2nnc(C)o2)c1. The number of hydrogen-bond donors (Lipinski definition) is 1. The van der Waals surface area contributed by atoms with Crippen molar-refractivity contribution in [3.05, 3.63) is 59.6 Å². The molecule has 8 nitrogen and oxygen atoms in total. The molecule has 1 unspecified atom stereocenters. The number of aromatic nitrogens is 3. The van der Waals surface area contributed by atoms with Gasteiger partial charge in [0.05, 0.1) is 31.9 Å². The van der Waals surface area contributed by atoms with Gasteiger partial charge >= 0.3 is 5.97 Å². The molecule has 0 aliphatic heterocycles. The summed E-state index contributed by atoms with van der Waals surface area (Å²) < 4.78 is 10.9. The lowest BCUT2D eigenvalue weighted by Crippen LogP contribution is -2.09. The summed E-state index contributed by atoms with van der Waals surface area (Å²) in [5.74, 6) is -0.396. The minimum Gasteiger partial charge on any atom is -0.496 e. The highest BCUT2D eigenvalue weighted by molar-refractivity contribution is 5.72. The summed E-state index contributed by atoms with van der Waals surface area (Å²) in [5, 5.41) is 26.1. The molecule has 142 valence electrons. The van der Waals surface area contributed by atoms with Crippen LogP contribution >= 0.6 is 0 Å². The van der Waals surface area contributed by atoms with Crippen molar-refractivity contribution in [1.29, 1.82) is 5.26 Å². The molecule has 28 heavy (non-hydrogen) atoms. The van der Waals surface area contributed by atoms with Crippen molar-refractivity contribution in [2.45, 2.75) is 25.7 Å². The summed E-state index contributed by atoms with van der Waals surface area (Å²) >= 11 is 0. The molecule has 0 bridgehead atoms. The van der Waals surface area contributed by atoms with E-state index in [2.05, 4.69) is 21.3 Å². The van der Waals surface area contributed by atoms with Crippen molar-refractivity contribution in [1.82, 2.24) is 15.2 Å². The number of methoxy groups -OCH3 is 1. The summed E-state index contributed by atoms with van der Waals surface area (Å²) in [4.78, 5) is 15.6. The largest absolute Gasteiger partial charge is 0.496 e. The number of hydrogen-bond acceptors (Lipinski definition) is 7. The molecular weight excluding hydrogens is 360 g/mol. The molecule has 3 aromatic rings. The van der Waals surface area contributed by atoms with E-state index in [1.807, 2.05) is 18.2 Å². The summed E-state index contributed by atoms with van der Waals surface area (Å²) in [6.07, 6.45) is 3.31. The lowest BCUT2D eigenvalue weighted by molar-refractivity contribution is -0.137. The van der Waals surface area contributed by atoms with Crippen LogP contribution in [0.5, 0.6) is 5.75 Å². The highest BCUT2D eigenvalue weighted by Gasteiger charge is 2.24. The minimum absolute atomic E-state index is 0.210. The highest BCUT2D eigenvalue weighted by Crippen LogP contribution is 2.34. The number of aliphatic carboxylic acids is 1. The van der Waals surface area contributed by atoms with Gasteiger partial charge in [-0.25, -0.2) is 0 Å². The predicted octanol–water partition coefficient (Wildman–Crippen LogP) is 3.12. The first-order valence-electron chi connectivity index (χ1n) is 8.52. The molecule has 0 spiro atoms. The lowest BCUT2D eigenvalue weighted by Gasteiger charge is -2.14. The number of aryl methyl sites for hydroxylation is 1. The maximum absolute atomic E-state index is 11.4. The van der Waals surface area contributed by atoms with Gasteiger partial charge in [0, 0.05) is 30.4 Å². The van der Waals surface area contributed by atoms with Gasteiger partial charge in [0.15, 0.2) is 0 Å². The number of benzene rings is 1. The molecule has 0 amide bonds. The van der Waals surface area contributed by atoms with Crippen LogP contribution in [0, 0.1) is 18.3 Å². The van der Waals surface area contributed by atoms with E-state index in [0.717, 1.165) is 16.7 Å². The molecule has 0 radical (unpaired) electrons. The number of nitriles is 1. The normalized spacial score (nSPS) is 11.6. The third-order valence-corrected chi connectivity index (χ3v) is 4.24. The molecule has 0 saturated heterocycles. The van der Waals surface area contributed by atoms with E-state index in [0.29, 0.717) is 17.2 Å². The third kappa shape index (κ3) is 4.15. The molecule has 0 aliphatic rings. The van der Waals surface area contributed by atoms with Crippen LogP contribution in [0.1, 0.15) is 35.2 Å². The summed E-state index contributed by atoms with van der Waals surface area (Å²) in [5.41, 5.74) is 2.98. The second kappa shape index (κ2) is 8.31. The zero-order valence-electron chi connectivity index (χ0n) is 15.4. The topological polar surface area (TPSA) is 122 Å². The zero-order valence-corrected chi connectivity index (χ0v) is 15.4. The van der Waals surface area contributed by atoms with E-state index >= 15 is 0 Å². The van der Waals surface area contributed by atoms with Crippen LogP contribution in [0.2, 0.25) is 0 Å². The Morgan fingerprint density at radius 1 is 1.32 bits per heavy atom. The fourth-order valence-corrected chi connectivity index (χ4v) is 2.95. The average Bonchev–Trinajstić information content (AvgIpc) is 3.12. The number of rotatable bonds is 7. The summed E-state index contributed by atoms with van der Waals surface area (Å²) in [7, 11) is 1.56. The van der Waals surface area contributed by atoms with Crippen LogP contribution in [-0.4, -0.2) is 33.4 Å². The van der Waals surface area contributed by atoms with Gasteiger partial charge in [-0.2, -0.15) is 5.26 Å². The van der Waals surface area contributed by atoms with Gasteiger partial charge in [0.25, 0.3) is 0 Å². The smallest absolute Gasteiger partial charge is 0.304 e. The molecule has 1 N–H and O–H groups in total. The van der Waals surface area contributed by atoms with Gasteiger partial charge in [-0.15, -0.1) is 10.2 Å². The lowest BCUT2D eigenvalue weighted by atomic mass is 9.94. The van der Waals surface area contributed by atoms with Crippen molar-refractivity contribution >= 4 is 5.97 Å². The molecule has 3 rings (SSSR count). The summed E-state index contributed by atoms with van der Waals surface area (Å²) in [6, 6.07) is 9.45. The zero-order chi connectivity index (χ0) is 20.1. The fraction of sp³-hybridized carbons (Fsp3) is 0.250. The quantitative estimate of drug-likeness (QED) is 0.665. The Morgan fingerprint density at radius 2 is 2.14 bits per heavy atom. The van der Waals surface area contributed by atoms with Gasteiger partial charge in [-0.3, -0.25) is 9.78 Å². The Morgan fingerprint density at radius 3 is 2.79 bits per heavy atom. The monoisotopic (exact) mass is 378 g/mol. The number of pyridine rings is 1. The first-order chi connectivity index (χ1) is 13.5. The molecule has 1 aromatic carbocycles. The molecular formula is C20H18N4O4. The van der Waals surface area contributed by atoms with Crippen LogP contribution in [0.15, 0.2) is 41.1 Å². The van der Waals surface area contributed by atoms with Crippen molar-refractivity contribution in [3.8, 4) is 22.9 Å². The summed E-state index contributed by atoms with van der Waals surface area (Å²) in [6.45, 7) is 1.65. The number of nitrogens with zero attached hydrogens (tertiary/aromatic N) is 4. The van der Waals surface area contributed by atoms with Crippen LogP contribution in [0.3, 0.4) is 0 Å². The number of carboxylic acid groups (broad SMARTS) is 1. The number of ether oxygens (including phenoxy) is 1. The Hall–Kier alpha value is -3.73. The molecule has 1 atom stereocenters. The van der Waals surface area contributed by atoms with E-state index < -0.39 is 11.9 Å². The van der Waals surface area contributed by atoms with E-state index in [1.54, 1.807) is 32.5 Å². The van der Waals surface area contributed by atoms with Crippen molar-refractivity contribution in [3.63, 3.8) is 0 Å². The molecule has 2 heterocycles. The van der Waals surface area contributed by atoms with Gasteiger partial charge in [-0.05, 0) is 29.3 Å². The Kier molecular flexibility index (Phi) is 5.65. The predicted molar refractivity (Wildman–Crippen MR) is 98.7 cm³/mol. The van der Waals surface area contributed by atoms with E-state index in [9.17, 15) is 9.90 Å². The maximum Gasteiger partial charge on any atom is 0.304 e. The van der Waals surface area contributed by atoms with Gasteiger partial charge in [0.2, 0.25) is 11.8 Å². The minimum atomic E-state index is -0.986. The molecule has 8 heteroatoms. The standard InChI is InChI=1S/C20H18N4O4/c1-12-23-24-20(28-12)17(9-19(25)26)15-8-14(10-22-11-15)16-7-13(5-6-21)3-4-18(16)27-2/h3-4,7-8,10-11,17H,5,9H2,1-2H3,(H,25,26). The first kappa shape index (κ1) is 19.0. The highest BCUT2D eigenvalue weighted by atomic mass is 16.5. The molecule has 0 aliphatic carbocycles. The second-order valence-corrected chi connectivity index (χ2v) is 6.19. The van der Waals surface area contributed by atoms with Crippen molar-refractivity contribution < 1.29 is 19.1 Å². The third-order valence-electron chi connectivity index (χ3n) is 4.24. The molecule has 0 fully saturated rings. The average molecular weight is 378 g/mol. The van der Waals surface area contributed by atoms with E-state index in [1.165, 1.54) is 0 Å². The Balaban J connectivity index is 2.07. The van der Waals surface area contributed by atoms with Crippen LogP contribution < -0.4 is 4.74 Å². The second-order valence-electron chi connectivity index (χ2n) is 6.19. The number of carbonyl (C=O) groups is 1. The first-order valence-corrected chi connectivity index (χ1v) is 8.52. The van der Waals surface area contributed by atoms with E-state index in [4.69, 9.17) is 14.4 Å². The van der Waals surface area contributed by atoms with E-state index in [-0.39, 0.29) is 18.7 Å². The molecule has 2 aromatic heterocycles. The van der Waals surface area contributed by atoms with Gasteiger partial charge < -0.3 is 14.3 Å². The number of carboxylic acids is 1. The van der Waals surface area contributed by atoms with Gasteiger partial charge in [-0.1, -0.05) is 6.07 Å².